The first kappa shape index (κ1) is 10.2. The molecule has 2 rings (SSSR count). The van der Waals surface area contributed by atoms with Crippen molar-refractivity contribution in [1.82, 2.24) is 4.57 Å². The van der Waals surface area contributed by atoms with E-state index in [1.54, 1.807) is 0 Å². The molecule has 15 heavy (non-hydrogen) atoms. The van der Waals surface area contributed by atoms with Crippen molar-refractivity contribution in [2.75, 3.05) is 6.54 Å². The lowest BCUT2D eigenvalue weighted by Crippen LogP contribution is -2.10. The van der Waals surface area contributed by atoms with Gasteiger partial charge in [-0.25, -0.2) is 0 Å². The number of benzene rings is 1. The van der Waals surface area contributed by atoms with Gasteiger partial charge in [0.2, 0.25) is 0 Å². The molecule has 0 aliphatic rings. The van der Waals surface area contributed by atoms with Gasteiger partial charge in [0.05, 0.1) is 0 Å². The van der Waals surface area contributed by atoms with Crippen molar-refractivity contribution < 1.29 is 0 Å². The fourth-order valence-electron chi connectivity index (χ4n) is 2.21. The Morgan fingerprint density at radius 2 is 2.13 bits per heavy atom. The van der Waals surface area contributed by atoms with E-state index < -0.39 is 0 Å². The molecule has 0 radical (unpaired) electrons. The highest BCUT2D eigenvalue weighted by Gasteiger charge is 2.06. The highest BCUT2D eigenvalue weighted by molar-refractivity contribution is 5.84. The van der Waals surface area contributed by atoms with Crippen molar-refractivity contribution in [2.24, 2.45) is 5.73 Å². The third kappa shape index (κ3) is 1.65. The van der Waals surface area contributed by atoms with E-state index in [1.807, 2.05) is 0 Å². The fraction of sp³-hybridized carbons (Fsp3) is 0.385. The molecule has 0 amide bonds. The smallest absolute Gasteiger partial charge is 0.0485 e. The van der Waals surface area contributed by atoms with Crippen LogP contribution in [0.5, 0.6) is 0 Å². The maximum absolute atomic E-state index is 5.63. The SMILES string of the molecule is CCc1cccc2c1cc(C)n2CCN. The standard InChI is InChI=1S/C13H18N2/c1-3-11-5-4-6-13-12(11)9-10(2)15(13)8-7-14/h4-6,9H,3,7-8,14H2,1-2H3. The molecule has 2 nitrogen and oxygen atoms in total. The van der Waals surface area contributed by atoms with E-state index in [4.69, 9.17) is 5.73 Å². The number of hydrogen-bond acceptors (Lipinski definition) is 1. The second-order valence-electron chi connectivity index (χ2n) is 3.93. The van der Waals surface area contributed by atoms with Gasteiger partial charge in [0.25, 0.3) is 0 Å². The Balaban J connectivity index is 2.67. The molecule has 1 aromatic heterocycles. The normalized spacial score (nSPS) is 11.1. The monoisotopic (exact) mass is 202 g/mol. The maximum Gasteiger partial charge on any atom is 0.0485 e. The summed E-state index contributed by atoms with van der Waals surface area (Å²) in [5.41, 5.74) is 9.67. The number of aryl methyl sites for hydroxylation is 2. The van der Waals surface area contributed by atoms with Gasteiger partial charge in [0.15, 0.2) is 0 Å². The van der Waals surface area contributed by atoms with Gasteiger partial charge in [-0.3, -0.25) is 0 Å². The van der Waals surface area contributed by atoms with Gasteiger partial charge in [-0.2, -0.15) is 0 Å². The van der Waals surface area contributed by atoms with E-state index in [0.717, 1.165) is 13.0 Å². The quantitative estimate of drug-likeness (QED) is 0.814. The topological polar surface area (TPSA) is 30.9 Å². The second kappa shape index (κ2) is 4.07. The number of nitrogens with zero attached hydrogens (tertiary/aromatic N) is 1. The van der Waals surface area contributed by atoms with Crippen LogP contribution in [-0.2, 0) is 13.0 Å². The molecule has 2 aromatic rings. The molecular weight excluding hydrogens is 184 g/mol. The van der Waals surface area contributed by atoms with E-state index in [2.05, 4.69) is 42.7 Å². The minimum absolute atomic E-state index is 0.695. The molecule has 1 heterocycles. The van der Waals surface area contributed by atoms with Gasteiger partial charge < -0.3 is 10.3 Å². The molecule has 0 fully saturated rings. The van der Waals surface area contributed by atoms with Gasteiger partial charge >= 0.3 is 0 Å². The molecule has 0 spiro atoms. The van der Waals surface area contributed by atoms with Crippen molar-refractivity contribution in [2.45, 2.75) is 26.8 Å². The highest BCUT2D eigenvalue weighted by Crippen LogP contribution is 2.23. The first-order valence-corrected chi connectivity index (χ1v) is 5.55. The third-order valence-corrected chi connectivity index (χ3v) is 2.98. The molecule has 0 unspecified atom stereocenters. The molecule has 80 valence electrons. The Morgan fingerprint density at radius 1 is 1.33 bits per heavy atom. The summed E-state index contributed by atoms with van der Waals surface area (Å²) < 4.78 is 2.30. The summed E-state index contributed by atoms with van der Waals surface area (Å²) in [6.07, 6.45) is 1.09. The number of rotatable bonds is 3. The van der Waals surface area contributed by atoms with Crippen molar-refractivity contribution in [1.29, 1.82) is 0 Å². The third-order valence-electron chi connectivity index (χ3n) is 2.98. The Kier molecular flexibility index (Phi) is 2.78. The largest absolute Gasteiger partial charge is 0.344 e. The van der Waals surface area contributed by atoms with Crippen molar-refractivity contribution in [3.8, 4) is 0 Å². The van der Waals surface area contributed by atoms with Crippen molar-refractivity contribution in [3.05, 3.63) is 35.5 Å². The Hall–Kier alpha value is -1.28. The van der Waals surface area contributed by atoms with Crippen LogP contribution in [0.4, 0.5) is 0 Å². The summed E-state index contributed by atoms with van der Waals surface area (Å²) >= 11 is 0. The molecule has 0 saturated carbocycles. The summed E-state index contributed by atoms with van der Waals surface area (Å²) in [7, 11) is 0. The summed E-state index contributed by atoms with van der Waals surface area (Å²) in [5.74, 6) is 0. The van der Waals surface area contributed by atoms with Gasteiger partial charge in [-0.05, 0) is 31.0 Å². The van der Waals surface area contributed by atoms with Gasteiger partial charge in [0.1, 0.15) is 0 Å². The predicted octanol–water partition coefficient (Wildman–Crippen LogP) is 2.47. The Morgan fingerprint density at radius 3 is 2.80 bits per heavy atom. The minimum atomic E-state index is 0.695. The average Bonchev–Trinajstić information content (AvgIpc) is 2.56. The molecule has 0 saturated heterocycles. The minimum Gasteiger partial charge on any atom is -0.344 e. The van der Waals surface area contributed by atoms with E-state index in [0.29, 0.717) is 6.54 Å². The first-order chi connectivity index (χ1) is 7.27. The summed E-state index contributed by atoms with van der Waals surface area (Å²) in [6, 6.07) is 8.78. The van der Waals surface area contributed by atoms with Crippen LogP contribution in [0.3, 0.4) is 0 Å². The molecule has 0 aliphatic heterocycles. The Bertz CT molecular complexity index is 469. The van der Waals surface area contributed by atoms with Crippen LogP contribution >= 0.6 is 0 Å². The van der Waals surface area contributed by atoms with Crippen LogP contribution in [0.2, 0.25) is 0 Å². The zero-order valence-electron chi connectivity index (χ0n) is 9.46. The molecule has 2 heteroatoms. The number of nitrogens with two attached hydrogens (primary N) is 1. The van der Waals surface area contributed by atoms with Crippen molar-refractivity contribution in [3.63, 3.8) is 0 Å². The first-order valence-electron chi connectivity index (χ1n) is 5.55. The average molecular weight is 202 g/mol. The Labute approximate surface area is 90.7 Å². The van der Waals surface area contributed by atoms with Crippen LogP contribution in [0.1, 0.15) is 18.2 Å². The highest BCUT2D eigenvalue weighted by atomic mass is 15.0. The summed E-state index contributed by atoms with van der Waals surface area (Å²) in [6.45, 7) is 5.95. The molecule has 0 bridgehead atoms. The van der Waals surface area contributed by atoms with E-state index in [9.17, 15) is 0 Å². The van der Waals surface area contributed by atoms with Gasteiger partial charge in [-0.1, -0.05) is 19.1 Å². The number of aromatic nitrogens is 1. The predicted molar refractivity (Wildman–Crippen MR) is 65.1 cm³/mol. The number of hydrogen-bond donors (Lipinski definition) is 1. The molecule has 0 aliphatic carbocycles. The molecule has 0 atom stereocenters. The zero-order valence-corrected chi connectivity index (χ0v) is 9.46. The molecular formula is C13H18N2. The molecule has 1 aromatic carbocycles. The molecule has 2 N–H and O–H groups in total. The fourth-order valence-corrected chi connectivity index (χ4v) is 2.21. The maximum atomic E-state index is 5.63. The lowest BCUT2D eigenvalue weighted by molar-refractivity contribution is 0.715. The van der Waals surface area contributed by atoms with E-state index in [1.165, 1.54) is 22.2 Å². The zero-order chi connectivity index (χ0) is 10.8. The van der Waals surface area contributed by atoms with Crippen LogP contribution in [0.15, 0.2) is 24.3 Å². The summed E-state index contributed by atoms with van der Waals surface area (Å²) in [4.78, 5) is 0. The lowest BCUT2D eigenvalue weighted by atomic mass is 10.1. The summed E-state index contributed by atoms with van der Waals surface area (Å²) in [5, 5.41) is 1.38. The van der Waals surface area contributed by atoms with Crippen LogP contribution in [-0.4, -0.2) is 11.1 Å². The van der Waals surface area contributed by atoms with E-state index >= 15 is 0 Å². The van der Waals surface area contributed by atoms with Crippen LogP contribution in [0, 0.1) is 6.92 Å². The second-order valence-corrected chi connectivity index (χ2v) is 3.93. The van der Waals surface area contributed by atoms with Gasteiger partial charge in [0, 0.05) is 29.7 Å². The van der Waals surface area contributed by atoms with Crippen LogP contribution < -0.4 is 5.73 Å². The van der Waals surface area contributed by atoms with Crippen LogP contribution in [0.25, 0.3) is 10.9 Å². The van der Waals surface area contributed by atoms with Gasteiger partial charge in [-0.15, -0.1) is 0 Å². The van der Waals surface area contributed by atoms with E-state index in [-0.39, 0.29) is 0 Å². The van der Waals surface area contributed by atoms with Crippen molar-refractivity contribution >= 4 is 10.9 Å². The number of fused-ring (bicyclic) bond motifs is 1. The lowest BCUT2D eigenvalue weighted by Gasteiger charge is -2.06.